The predicted octanol–water partition coefficient (Wildman–Crippen LogP) is 3.59. The fraction of sp³-hybridized carbons (Fsp3) is 0.600. The average Bonchev–Trinajstić information content (AvgIpc) is 2.44. The summed E-state index contributed by atoms with van der Waals surface area (Å²) in [5.41, 5.74) is 2.34. The predicted molar refractivity (Wildman–Crippen MR) is 80.8 cm³/mol. The molecule has 0 radical (unpaired) electrons. The van der Waals surface area contributed by atoms with Crippen LogP contribution in [-0.2, 0) is 10.0 Å². The first-order valence-corrected chi connectivity index (χ1v) is 8.68. The van der Waals surface area contributed by atoms with Crippen LogP contribution in [0.1, 0.15) is 63.6 Å². The van der Waals surface area contributed by atoms with E-state index in [0.29, 0.717) is 5.92 Å². The van der Waals surface area contributed by atoms with Crippen LogP contribution in [0.3, 0.4) is 0 Å². The van der Waals surface area contributed by atoms with Crippen LogP contribution in [0.25, 0.3) is 0 Å². The molecule has 2 unspecified atom stereocenters. The molecular weight excluding hydrogens is 258 g/mol. The minimum absolute atomic E-state index is 0.119. The Hall–Kier alpha value is -0.870. The van der Waals surface area contributed by atoms with Gasteiger partial charge in [-0.1, -0.05) is 45.0 Å². The first-order chi connectivity index (χ1) is 8.93. The summed E-state index contributed by atoms with van der Waals surface area (Å²) in [5.74, 6) is 0.663. The second-order valence-electron chi connectivity index (χ2n) is 4.96. The molecule has 1 aromatic carbocycles. The summed E-state index contributed by atoms with van der Waals surface area (Å²) < 4.78 is 26.0. The van der Waals surface area contributed by atoms with Gasteiger partial charge in [0.2, 0.25) is 10.0 Å². The maximum absolute atomic E-state index is 11.7. The zero-order valence-corrected chi connectivity index (χ0v) is 13.1. The van der Waals surface area contributed by atoms with E-state index in [1.165, 1.54) is 5.56 Å². The lowest BCUT2D eigenvalue weighted by Gasteiger charge is -2.18. The van der Waals surface area contributed by atoms with Gasteiger partial charge in [-0.05, 0) is 36.8 Å². The maximum Gasteiger partial charge on any atom is 0.211 e. The van der Waals surface area contributed by atoms with Gasteiger partial charge < -0.3 is 0 Å². The summed E-state index contributed by atoms with van der Waals surface area (Å²) in [6.45, 7) is 8.02. The van der Waals surface area contributed by atoms with Gasteiger partial charge in [0.15, 0.2) is 0 Å². The third-order valence-electron chi connectivity index (χ3n) is 3.63. The summed E-state index contributed by atoms with van der Waals surface area (Å²) in [5, 5.41) is 0. The highest BCUT2D eigenvalue weighted by Crippen LogP contribution is 2.23. The number of rotatable bonds is 7. The number of hydrogen-bond donors (Lipinski definition) is 1. The summed E-state index contributed by atoms with van der Waals surface area (Å²) in [6, 6.07) is 8.15. The molecule has 1 N–H and O–H groups in total. The normalized spacial score (nSPS) is 15.2. The van der Waals surface area contributed by atoms with Crippen LogP contribution in [0, 0.1) is 0 Å². The van der Waals surface area contributed by atoms with Gasteiger partial charge in [-0.25, -0.2) is 13.1 Å². The second kappa shape index (κ2) is 7.06. The highest BCUT2D eigenvalue weighted by atomic mass is 32.2. The van der Waals surface area contributed by atoms with Crippen molar-refractivity contribution in [1.82, 2.24) is 4.72 Å². The third-order valence-corrected chi connectivity index (χ3v) is 5.03. The smallest absolute Gasteiger partial charge is 0.211 e. The van der Waals surface area contributed by atoms with E-state index in [4.69, 9.17) is 0 Å². The molecule has 0 saturated carbocycles. The Morgan fingerprint density at radius 3 is 1.95 bits per heavy atom. The van der Waals surface area contributed by atoms with E-state index in [1.54, 1.807) is 6.92 Å². The molecule has 3 nitrogen and oxygen atoms in total. The molecule has 0 spiro atoms. The molecule has 0 amide bonds. The van der Waals surface area contributed by atoms with Crippen molar-refractivity contribution in [3.05, 3.63) is 35.4 Å². The minimum atomic E-state index is -3.16. The Morgan fingerprint density at radius 1 is 1.00 bits per heavy atom. The Kier molecular flexibility index (Phi) is 6.01. The van der Waals surface area contributed by atoms with Gasteiger partial charge in [0.1, 0.15) is 0 Å². The monoisotopic (exact) mass is 283 g/mol. The zero-order valence-electron chi connectivity index (χ0n) is 12.3. The van der Waals surface area contributed by atoms with E-state index in [9.17, 15) is 8.42 Å². The second-order valence-corrected chi connectivity index (χ2v) is 7.00. The maximum atomic E-state index is 11.7. The first kappa shape index (κ1) is 16.2. The van der Waals surface area contributed by atoms with Crippen LogP contribution in [0.15, 0.2) is 24.3 Å². The van der Waals surface area contributed by atoms with Crippen molar-refractivity contribution in [3.63, 3.8) is 0 Å². The van der Waals surface area contributed by atoms with E-state index in [-0.39, 0.29) is 11.8 Å². The molecule has 0 aliphatic rings. The SMILES string of the molecule is CCC(C)c1ccc(C(CC)NS(=O)(=O)CC)cc1. The molecule has 1 rings (SSSR count). The molecular formula is C15H25NO2S. The Balaban J connectivity index is 2.88. The molecule has 1 aromatic rings. The van der Waals surface area contributed by atoms with Gasteiger partial charge in [-0.3, -0.25) is 0 Å². The number of hydrogen-bond acceptors (Lipinski definition) is 2. The van der Waals surface area contributed by atoms with E-state index < -0.39 is 10.0 Å². The quantitative estimate of drug-likeness (QED) is 0.831. The molecule has 0 bridgehead atoms. The number of sulfonamides is 1. The fourth-order valence-corrected chi connectivity index (χ4v) is 2.88. The van der Waals surface area contributed by atoms with Crippen molar-refractivity contribution in [2.75, 3.05) is 5.75 Å². The number of nitrogens with one attached hydrogen (secondary N) is 1. The van der Waals surface area contributed by atoms with Gasteiger partial charge in [-0.15, -0.1) is 0 Å². The first-order valence-electron chi connectivity index (χ1n) is 7.03. The van der Waals surface area contributed by atoms with Crippen molar-refractivity contribution in [2.45, 2.75) is 52.5 Å². The van der Waals surface area contributed by atoms with E-state index in [0.717, 1.165) is 18.4 Å². The molecule has 2 atom stereocenters. The molecule has 0 aliphatic carbocycles. The van der Waals surface area contributed by atoms with Crippen LogP contribution < -0.4 is 4.72 Å². The molecule has 0 saturated heterocycles. The summed E-state index contributed by atoms with van der Waals surface area (Å²) in [7, 11) is -3.16. The number of benzene rings is 1. The van der Waals surface area contributed by atoms with Crippen molar-refractivity contribution >= 4 is 10.0 Å². The lowest BCUT2D eigenvalue weighted by atomic mass is 9.96. The van der Waals surface area contributed by atoms with Crippen LogP contribution in [0.5, 0.6) is 0 Å². The van der Waals surface area contributed by atoms with Gasteiger partial charge in [0.05, 0.1) is 5.75 Å². The van der Waals surface area contributed by atoms with Crippen LogP contribution >= 0.6 is 0 Å². The van der Waals surface area contributed by atoms with Gasteiger partial charge in [-0.2, -0.15) is 0 Å². The molecule has 19 heavy (non-hydrogen) atoms. The van der Waals surface area contributed by atoms with Crippen molar-refractivity contribution in [2.24, 2.45) is 0 Å². The molecule has 4 heteroatoms. The van der Waals surface area contributed by atoms with Crippen molar-refractivity contribution < 1.29 is 8.42 Å². The third kappa shape index (κ3) is 4.62. The van der Waals surface area contributed by atoms with E-state index in [2.05, 4.69) is 30.7 Å². The van der Waals surface area contributed by atoms with Crippen molar-refractivity contribution in [3.8, 4) is 0 Å². The largest absolute Gasteiger partial charge is 0.212 e. The van der Waals surface area contributed by atoms with Crippen LogP contribution in [-0.4, -0.2) is 14.2 Å². The zero-order chi connectivity index (χ0) is 14.5. The van der Waals surface area contributed by atoms with Gasteiger partial charge in [0, 0.05) is 6.04 Å². The Labute approximate surface area is 117 Å². The Morgan fingerprint density at radius 2 is 1.53 bits per heavy atom. The highest BCUT2D eigenvalue weighted by molar-refractivity contribution is 7.89. The highest BCUT2D eigenvalue weighted by Gasteiger charge is 2.16. The molecule has 0 fully saturated rings. The standard InChI is InChI=1S/C15H25NO2S/c1-5-12(4)13-8-10-14(11-9-13)15(6-2)16-19(17,18)7-3/h8-12,15-16H,5-7H2,1-4H3. The molecule has 108 valence electrons. The van der Waals surface area contributed by atoms with Crippen LogP contribution in [0.2, 0.25) is 0 Å². The van der Waals surface area contributed by atoms with Crippen LogP contribution in [0.4, 0.5) is 0 Å². The minimum Gasteiger partial charge on any atom is -0.212 e. The van der Waals surface area contributed by atoms with Gasteiger partial charge in [0.25, 0.3) is 0 Å². The lowest BCUT2D eigenvalue weighted by Crippen LogP contribution is -2.29. The lowest BCUT2D eigenvalue weighted by molar-refractivity contribution is 0.551. The summed E-state index contributed by atoms with van der Waals surface area (Å²) in [4.78, 5) is 0. The van der Waals surface area contributed by atoms with Gasteiger partial charge >= 0.3 is 0 Å². The molecule has 0 heterocycles. The molecule has 0 aromatic heterocycles. The van der Waals surface area contributed by atoms with Crippen molar-refractivity contribution in [1.29, 1.82) is 0 Å². The Bertz CT molecular complexity index is 479. The van der Waals surface area contributed by atoms with E-state index in [1.807, 2.05) is 19.1 Å². The fourth-order valence-electron chi connectivity index (χ4n) is 1.98. The average molecular weight is 283 g/mol. The topological polar surface area (TPSA) is 46.2 Å². The molecule has 0 aliphatic heterocycles. The van der Waals surface area contributed by atoms with E-state index >= 15 is 0 Å². The summed E-state index contributed by atoms with van der Waals surface area (Å²) >= 11 is 0. The summed E-state index contributed by atoms with van der Waals surface area (Å²) in [6.07, 6.45) is 1.86.